The zero-order valence-corrected chi connectivity index (χ0v) is 20.2. The van der Waals surface area contributed by atoms with Crippen LogP contribution in [0.1, 0.15) is 29.4 Å². The van der Waals surface area contributed by atoms with Crippen LogP contribution in [-0.2, 0) is 14.3 Å². The summed E-state index contributed by atoms with van der Waals surface area (Å²) in [5, 5.41) is 12.0. The fraction of sp³-hybridized carbons (Fsp3) is 0.346. The second kappa shape index (κ2) is 9.81. The number of carbonyl (C=O) groups excluding carboxylic acids is 2. The monoisotopic (exact) mass is 494 g/mol. The molecule has 4 heterocycles. The van der Waals surface area contributed by atoms with Gasteiger partial charge < -0.3 is 14.7 Å². The summed E-state index contributed by atoms with van der Waals surface area (Å²) in [7, 11) is 0. The van der Waals surface area contributed by atoms with Crippen molar-refractivity contribution < 1.29 is 19.4 Å². The molecule has 5 rings (SSSR count). The molecule has 1 aromatic carbocycles. The SMILES string of the molecule is Cc1nc2ccccn2c1C(O)=C1C(=O)C(=O)N(CCCN2CCOCC2)[C@@H]1c1cccc(Cl)c1. The second-order valence-corrected chi connectivity index (χ2v) is 9.27. The minimum Gasteiger partial charge on any atom is -0.505 e. The number of hydrogen-bond acceptors (Lipinski definition) is 6. The van der Waals surface area contributed by atoms with E-state index in [2.05, 4.69) is 9.88 Å². The average molecular weight is 495 g/mol. The number of Topliss-reactive ketones (excluding diaryl/α,β-unsaturated/α-hetero) is 1. The van der Waals surface area contributed by atoms with Gasteiger partial charge in [0.1, 0.15) is 11.3 Å². The molecule has 8 nitrogen and oxygen atoms in total. The van der Waals surface area contributed by atoms with E-state index in [-0.39, 0.29) is 11.3 Å². The van der Waals surface area contributed by atoms with Crippen LogP contribution < -0.4 is 0 Å². The number of halogens is 1. The third-order valence-electron chi connectivity index (χ3n) is 6.61. The van der Waals surface area contributed by atoms with Crippen LogP contribution in [0.15, 0.2) is 54.2 Å². The number of aryl methyl sites for hydroxylation is 1. The molecule has 2 aliphatic rings. The Morgan fingerprint density at radius 1 is 1.14 bits per heavy atom. The van der Waals surface area contributed by atoms with Crippen LogP contribution in [0.25, 0.3) is 11.4 Å². The number of benzene rings is 1. The van der Waals surface area contributed by atoms with Crippen LogP contribution in [0.5, 0.6) is 0 Å². The summed E-state index contributed by atoms with van der Waals surface area (Å²) in [6, 6.07) is 11.8. The Balaban J connectivity index is 1.55. The first kappa shape index (κ1) is 23.5. The minimum atomic E-state index is -0.743. The Bertz CT molecular complexity index is 1310. The number of fused-ring (bicyclic) bond motifs is 1. The molecule has 2 aliphatic heterocycles. The number of likely N-dealkylation sites (tertiary alicyclic amines) is 1. The third-order valence-corrected chi connectivity index (χ3v) is 6.85. The summed E-state index contributed by atoms with van der Waals surface area (Å²) in [6.07, 6.45) is 2.47. The number of rotatable bonds is 6. The quantitative estimate of drug-likeness (QED) is 0.321. The Kier molecular flexibility index (Phi) is 6.60. The third kappa shape index (κ3) is 4.45. The van der Waals surface area contributed by atoms with Gasteiger partial charge in [-0.05, 0) is 43.2 Å². The van der Waals surface area contributed by atoms with Gasteiger partial charge in [0.15, 0.2) is 5.76 Å². The molecule has 1 N–H and O–H groups in total. The summed E-state index contributed by atoms with van der Waals surface area (Å²) in [6.45, 7) is 6.05. The van der Waals surface area contributed by atoms with Gasteiger partial charge in [-0.2, -0.15) is 0 Å². The number of aromatic nitrogens is 2. The highest BCUT2D eigenvalue weighted by atomic mass is 35.5. The van der Waals surface area contributed by atoms with E-state index in [0.717, 1.165) is 19.6 Å². The van der Waals surface area contributed by atoms with Crippen LogP contribution in [0, 0.1) is 6.92 Å². The highest BCUT2D eigenvalue weighted by molar-refractivity contribution is 6.46. The van der Waals surface area contributed by atoms with Crippen molar-refractivity contribution in [1.82, 2.24) is 19.2 Å². The van der Waals surface area contributed by atoms with E-state index in [1.165, 1.54) is 0 Å². The first-order chi connectivity index (χ1) is 17.0. The van der Waals surface area contributed by atoms with Gasteiger partial charge in [0, 0.05) is 37.4 Å². The number of carbonyl (C=O) groups is 2. The van der Waals surface area contributed by atoms with Crippen molar-refractivity contribution in [3.8, 4) is 0 Å². The van der Waals surface area contributed by atoms with Gasteiger partial charge in [-0.3, -0.25) is 18.9 Å². The Morgan fingerprint density at radius 3 is 2.71 bits per heavy atom. The summed E-state index contributed by atoms with van der Waals surface area (Å²) in [5.41, 5.74) is 2.34. The summed E-state index contributed by atoms with van der Waals surface area (Å²) < 4.78 is 7.14. The predicted octanol–water partition coefficient (Wildman–Crippen LogP) is 3.44. The van der Waals surface area contributed by atoms with Crippen molar-refractivity contribution in [1.29, 1.82) is 0 Å². The maximum Gasteiger partial charge on any atom is 0.295 e. The van der Waals surface area contributed by atoms with Crippen molar-refractivity contribution >= 4 is 34.7 Å². The molecule has 0 bridgehead atoms. The first-order valence-corrected chi connectivity index (χ1v) is 12.1. The topological polar surface area (TPSA) is 87.4 Å². The molecule has 2 saturated heterocycles. The molecule has 1 atom stereocenters. The number of hydrogen-bond donors (Lipinski definition) is 1. The Hall–Kier alpha value is -3.20. The fourth-order valence-electron chi connectivity index (χ4n) is 4.95. The van der Waals surface area contributed by atoms with Gasteiger partial charge in [-0.15, -0.1) is 0 Å². The minimum absolute atomic E-state index is 0.0531. The molecule has 3 aromatic rings. The Morgan fingerprint density at radius 2 is 1.94 bits per heavy atom. The van der Waals surface area contributed by atoms with E-state index in [4.69, 9.17) is 16.3 Å². The summed E-state index contributed by atoms with van der Waals surface area (Å²) >= 11 is 6.28. The van der Waals surface area contributed by atoms with E-state index < -0.39 is 17.7 Å². The smallest absolute Gasteiger partial charge is 0.295 e. The van der Waals surface area contributed by atoms with Crippen molar-refractivity contribution in [3.63, 3.8) is 0 Å². The maximum atomic E-state index is 13.3. The average Bonchev–Trinajstić information content (AvgIpc) is 3.32. The number of ketones is 1. The first-order valence-electron chi connectivity index (χ1n) is 11.7. The lowest BCUT2D eigenvalue weighted by Crippen LogP contribution is -2.38. The van der Waals surface area contributed by atoms with Crippen LogP contribution in [0.2, 0.25) is 5.02 Å². The highest BCUT2D eigenvalue weighted by Gasteiger charge is 2.46. The zero-order chi connectivity index (χ0) is 24.5. The van der Waals surface area contributed by atoms with Gasteiger partial charge >= 0.3 is 0 Å². The van der Waals surface area contributed by atoms with E-state index >= 15 is 0 Å². The molecular weight excluding hydrogens is 468 g/mol. The maximum absolute atomic E-state index is 13.3. The molecule has 0 spiro atoms. The fourth-order valence-corrected chi connectivity index (χ4v) is 5.15. The van der Waals surface area contributed by atoms with Crippen molar-refractivity contribution in [2.24, 2.45) is 0 Å². The normalized spacial score (nSPS) is 20.7. The summed E-state index contributed by atoms with van der Waals surface area (Å²) in [4.78, 5) is 34.9. The number of pyridine rings is 1. The number of aliphatic hydroxyl groups is 1. The molecule has 35 heavy (non-hydrogen) atoms. The lowest BCUT2D eigenvalue weighted by Gasteiger charge is -2.29. The molecule has 2 fully saturated rings. The predicted molar refractivity (Wildman–Crippen MR) is 132 cm³/mol. The van der Waals surface area contributed by atoms with E-state index in [9.17, 15) is 14.7 Å². The molecule has 0 radical (unpaired) electrons. The van der Waals surface area contributed by atoms with E-state index in [1.807, 2.05) is 24.3 Å². The highest BCUT2D eigenvalue weighted by Crippen LogP contribution is 2.40. The second-order valence-electron chi connectivity index (χ2n) is 8.83. The molecule has 2 aromatic heterocycles. The molecular formula is C26H27ClN4O4. The molecule has 1 amide bonds. The molecule has 0 aliphatic carbocycles. The van der Waals surface area contributed by atoms with Crippen molar-refractivity contribution in [2.75, 3.05) is 39.4 Å². The number of imidazole rings is 1. The van der Waals surface area contributed by atoms with Gasteiger partial charge in [0.05, 0.1) is 30.5 Å². The lowest BCUT2D eigenvalue weighted by molar-refractivity contribution is -0.140. The molecule has 182 valence electrons. The zero-order valence-electron chi connectivity index (χ0n) is 19.5. The van der Waals surface area contributed by atoms with Gasteiger partial charge in [-0.25, -0.2) is 4.98 Å². The van der Waals surface area contributed by atoms with E-state index in [1.54, 1.807) is 40.6 Å². The number of ether oxygens (including phenoxy) is 1. The van der Waals surface area contributed by atoms with E-state index in [0.29, 0.717) is 53.8 Å². The van der Waals surface area contributed by atoms with Crippen LogP contribution in [0.3, 0.4) is 0 Å². The molecule has 0 saturated carbocycles. The standard InChI is InChI=1S/C26H27ClN4O4/c1-17-22(30-10-3-2-8-20(30)28-17)24(32)21-23(18-6-4-7-19(27)16-18)31(26(34)25(21)33)11-5-9-29-12-14-35-15-13-29/h2-4,6-8,10,16,23,32H,5,9,11-15H2,1H3/t23-/m1/s1. The molecule has 9 heteroatoms. The number of amides is 1. The van der Waals surface area contributed by atoms with Crippen LogP contribution in [-0.4, -0.2) is 75.4 Å². The Labute approximate surface area is 208 Å². The van der Waals surface area contributed by atoms with Crippen LogP contribution in [0.4, 0.5) is 0 Å². The van der Waals surface area contributed by atoms with Gasteiger partial charge in [0.2, 0.25) is 0 Å². The van der Waals surface area contributed by atoms with Gasteiger partial charge in [0.25, 0.3) is 11.7 Å². The van der Waals surface area contributed by atoms with Crippen molar-refractivity contribution in [3.05, 3.63) is 76.2 Å². The number of aliphatic hydroxyl groups excluding tert-OH is 1. The largest absolute Gasteiger partial charge is 0.505 e. The lowest BCUT2D eigenvalue weighted by atomic mass is 9.96. The van der Waals surface area contributed by atoms with Gasteiger partial charge in [-0.1, -0.05) is 29.8 Å². The molecule has 0 unspecified atom stereocenters. The summed E-state index contributed by atoms with van der Waals surface area (Å²) in [5.74, 6) is -1.56. The van der Waals surface area contributed by atoms with Crippen molar-refractivity contribution in [2.45, 2.75) is 19.4 Å². The number of nitrogens with zero attached hydrogens (tertiary/aromatic N) is 4. The number of morpholine rings is 1. The van der Waals surface area contributed by atoms with Crippen LogP contribution >= 0.6 is 11.6 Å².